The number of hydrogen-bond donors (Lipinski definition) is 4. The zero-order chi connectivity index (χ0) is 19.5. The fourth-order valence-corrected chi connectivity index (χ4v) is 3.07. The van der Waals surface area contributed by atoms with E-state index >= 15 is 0 Å². The first-order chi connectivity index (χ1) is 12.7. The van der Waals surface area contributed by atoms with Crippen LogP contribution in [-0.2, 0) is 0 Å². The van der Waals surface area contributed by atoms with Gasteiger partial charge < -0.3 is 29.6 Å². The van der Waals surface area contributed by atoms with E-state index in [9.17, 15) is 25.2 Å². The molecule has 1 aliphatic rings. The molecule has 0 saturated heterocycles. The Bertz CT molecular complexity index is 1190. The zero-order valence-corrected chi connectivity index (χ0v) is 14.5. The maximum absolute atomic E-state index is 12.7. The lowest BCUT2D eigenvalue weighted by atomic mass is 9.99. The summed E-state index contributed by atoms with van der Waals surface area (Å²) in [5.41, 5.74) is -0.997. The van der Waals surface area contributed by atoms with Crippen molar-refractivity contribution >= 4 is 17.0 Å². The van der Waals surface area contributed by atoms with Gasteiger partial charge in [-0.05, 0) is 38.1 Å². The number of rotatable bonds is 1. The van der Waals surface area contributed by atoms with Crippen molar-refractivity contribution in [2.24, 2.45) is 0 Å². The Morgan fingerprint density at radius 1 is 1.00 bits per heavy atom. The Kier molecular flexibility index (Phi) is 3.39. The quantitative estimate of drug-likeness (QED) is 0.519. The van der Waals surface area contributed by atoms with E-state index in [1.54, 1.807) is 12.2 Å². The molecule has 7 nitrogen and oxygen atoms in total. The molecule has 0 saturated carbocycles. The van der Waals surface area contributed by atoms with E-state index in [4.69, 9.17) is 9.15 Å². The minimum atomic E-state index is -0.850. The van der Waals surface area contributed by atoms with Gasteiger partial charge in [0, 0.05) is 12.1 Å². The van der Waals surface area contributed by atoms with Crippen LogP contribution < -0.4 is 10.2 Å². The van der Waals surface area contributed by atoms with Crippen LogP contribution in [0.15, 0.2) is 39.6 Å². The van der Waals surface area contributed by atoms with Crippen molar-refractivity contribution in [2.45, 2.75) is 19.4 Å². The fraction of sp³-hybridized carbons (Fsp3) is 0.150. The molecule has 1 aromatic heterocycles. The van der Waals surface area contributed by atoms with Gasteiger partial charge in [-0.1, -0.05) is 0 Å². The Morgan fingerprint density at radius 2 is 1.74 bits per heavy atom. The van der Waals surface area contributed by atoms with Crippen LogP contribution in [0.25, 0.3) is 28.4 Å². The monoisotopic (exact) mass is 368 g/mol. The molecule has 0 amide bonds. The van der Waals surface area contributed by atoms with Crippen LogP contribution in [0, 0.1) is 0 Å². The van der Waals surface area contributed by atoms with Gasteiger partial charge in [-0.25, -0.2) is 0 Å². The molecule has 0 spiro atoms. The molecule has 7 heteroatoms. The number of aromatic hydroxyl groups is 4. The number of ether oxygens (including phenoxy) is 1. The highest BCUT2D eigenvalue weighted by atomic mass is 16.5. The minimum absolute atomic E-state index is 0.0158. The molecule has 27 heavy (non-hydrogen) atoms. The van der Waals surface area contributed by atoms with Crippen LogP contribution in [0.1, 0.15) is 19.4 Å². The molecule has 0 bridgehead atoms. The van der Waals surface area contributed by atoms with Crippen molar-refractivity contribution in [1.29, 1.82) is 0 Å². The van der Waals surface area contributed by atoms with Gasteiger partial charge in [-0.15, -0.1) is 0 Å². The second-order valence-corrected chi connectivity index (χ2v) is 6.86. The summed E-state index contributed by atoms with van der Waals surface area (Å²) in [5, 5.41) is 39.9. The largest absolute Gasteiger partial charge is 0.508 e. The maximum atomic E-state index is 12.7. The topological polar surface area (TPSA) is 120 Å². The molecule has 4 rings (SSSR count). The molecular formula is C20H16O7. The van der Waals surface area contributed by atoms with E-state index in [1.165, 1.54) is 18.2 Å². The Morgan fingerprint density at radius 3 is 2.44 bits per heavy atom. The van der Waals surface area contributed by atoms with Gasteiger partial charge in [0.15, 0.2) is 11.3 Å². The zero-order valence-electron chi connectivity index (χ0n) is 14.5. The average Bonchev–Trinajstić information content (AvgIpc) is 2.57. The lowest BCUT2D eigenvalue weighted by Crippen LogP contribution is -2.27. The Hall–Kier alpha value is -3.61. The van der Waals surface area contributed by atoms with Crippen LogP contribution in [0.2, 0.25) is 0 Å². The van der Waals surface area contributed by atoms with E-state index < -0.39 is 16.8 Å². The number of fused-ring (bicyclic) bond motifs is 3. The predicted octanol–water partition coefficient (Wildman–Crippen LogP) is 3.47. The SMILES string of the molecule is CC1(C)C=Cc2c(cc(O)c3c(=O)c(O)c(-c4ccc(O)cc4O)oc23)O1. The summed E-state index contributed by atoms with van der Waals surface area (Å²) in [5.74, 6) is -1.68. The van der Waals surface area contributed by atoms with Crippen molar-refractivity contribution in [3.63, 3.8) is 0 Å². The smallest absolute Gasteiger partial charge is 0.238 e. The summed E-state index contributed by atoms with van der Waals surface area (Å²) in [4.78, 5) is 12.7. The normalized spacial score (nSPS) is 14.7. The van der Waals surface area contributed by atoms with Crippen LogP contribution in [0.3, 0.4) is 0 Å². The van der Waals surface area contributed by atoms with Gasteiger partial charge in [-0.3, -0.25) is 4.79 Å². The van der Waals surface area contributed by atoms with Crippen molar-refractivity contribution < 1.29 is 29.6 Å². The first kappa shape index (κ1) is 16.8. The number of phenolic OH excluding ortho intramolecular Hbond substituents is 3. The van der Waals surface area contributed by atoms with Crippen LogP contribution in [0.4, 0.5) is 0 Å². The highest BCUT2D eigenvalue weighted by molar-refractivity contribution is 5.95. The standard InChI is InChI=1S/C20H16O7/c1-20(2)6-5-11-14(27-20)8-13(23)15-16(24)17(25)19(26-18(11)15)10-4-3-9(21)7-12(10)22/h3-8,21-23,25H,1-2H3. The molecule has 0 atom stereocenters. The van der Waals surface area contributed by atoms with E-state index in [1.807, 2.05) is 13.8 Å². The summed E-state index contributed by atoms with van der Waals surface area (Å²) in [6, 6.07) is 4.95. The van der Waals surface area contributed by atoms with Crippen LogP contribution >= 0.6 is 0 Å². The van der Waals surface area contributed by atoms with Gasteiger partial charge in [-0.2, -0.15) is 0 Å². The molecule has 0 radical (unpaired) electrons. The van der Waals surface area contributed by atoms with Crippen molar-refractivity contribution in [2.75, 3.05) is 0 Å². The highest BCUT2D eigenvalue weighted by Crippen LogP contribution is 2.43. The van der Waals surface area contributed by atoms with Gasteiger partial charge in [0.25, 0.3) is 0 Å². The summed E-state index contributed by atoms with van der Waals surface area (Å²) in [7, 11) is 0. The van der Waals surface area contributed by atoms with Crippen molar-refractivity contribution in [3.8, 4) is 40.1 Å². The van der Waals surface area contributed by atoms with E-state index in [0.717, 1.165) is 6.07 Å². The molecule has 0 fully saturated rings. The number of phenols is 3. The second-order valence-electron chi connectivity index (χ2n) is 6.86. The first-order valence-electron chi connectivity index (χ1n) is 8.14. The van der Waals surface area contributed by atoms with E-state index in [2.05, 4.69) is 0 Å². The highest BCUT2D eigenvalue weighted by Gasteiger charge is 2.28. The van der Waals surface area contributed by atoms with Crippen molar-refractivity contribution in [3.05, 3.63) is 46.1 Å². The van der Waals surface area contributed by atoms with Crippen LogP contribution in [-0.4, -0.2) is 26.0 Å². The van der Waals surface area contributed by atoms with Gasteiger partial charge in [0.2, 0.25) is 11.2 Å². The first-order valence-corrected chi connectivity index (χ1v) is 8.14. The van der Waals surface area contributed by atoms with Gasteiger partial charge in [0.1, 0.15) is 34.0 Å². The molecule has 1 aliphatic heterocycles. The second kappa shape index (κ2) is 5.44. The molecule has 4 N–H and O–H groups in total. The summed E-state index contributed by atoms with van der Waals surface area (Å²) in [6.45, 7) is 3.67. The van der Waals surface area contributed by atoms with Gasteiger partial charge >= 0.3 is 0 Å². The third kappa shape index (κ3) is 2.55. The fourth-order valence-electron chi connectivity index (χ4n) is 3.07. The van der Waals surface area contributed by atoms with Crippen LogP contribution in [0.5, 0.6) is 28.7 Å². The lowest BCUT2D eigenvalue weighted by molar-refractivity contribution is 0.158. The van der Waals surface area contributed by atoms with E-state index in [-0.39, 0.29) is 39.5 Å². The molecular weight excluding hydrogens is 352 g/mol. The summed E-state index contributed by atoms with van der Waals surface area (Å²) >= 11 is 0. The molecule has 0 unspecified atom stereocenters. The van der Waals surface area contributed by atoms with E-state index in [0.29, 0.717) is 11.3 Å². The minimum Gasteiger partial charge on any atom is -0.508 e. The third-order valence-electron chi connectivity index (χ3n) is 4.37. The van der Waals surface area contributed by atoms with Crippen molar-refractivity contribution in [1.82, 2.24) is 0 Å². The number of benzene rings is 2. The predicted molar refractivity (Wildman–Crippen MR) is 98.3 cm³/mol. The molecule has 3 aromatic rings. The average molecular weight is 368 g/mol. The van der Waals surface area contributed by atoms with Gasteiger partial charge in [0.05, 0.1) is 11.1 Å². The Balaban J connectivity index is 2.09. The molecule has 0 aliphatic carbocycles. The Labute approximate surface area is 153 Å². The summed E-state index contributed by atoms with van der Waals surface area (Å²) in [6.07, 6.45) is 3.48. The summed E-state index contributed by atoms with van der Waals surface area (Å²) < 4.78 is 11.6. The molecule has 138 valence electrons. The number of hydrogen-bond acceptors (Lipinski definition) is 7. The third-order valence-corrected chi connectivity index (χ3v) is 4.37. The molecule has 2 heterocycles. The molecule has 2 aromatic carbocycles. The maximum Gasteiger partial charge on any atom is 0.238 e. The lowest BCUT2D eigenvalue weighted by Gasteiger charge is -2.28.